The zero-order valence-corrected chi connectivity index (χ0v) is 14.3. The van der Waals surface area contributed by atoms with Crippen LogP contribution in [0.5, 0.6) is 5.75 Å². The number of aromatic carboxylic acids is 1. The van der Waals surface area contributed by atoms with Gasteiger partial charge in [0.25, 0.3) is 0 Å². The van der Waals surface area contributed by atoms with Gasteiger partial charge in [-0.3, -0.25) is 0 Å². The molecule has 0 aromatic heterocycles. The largest absolute Gasteiger partial charge is 0.486 e. The zero-order chi connectivity index (χ0) is 15.6. The lowest BCUT2D eigenvalue weighted by atomic mass is 10.2. The molecule has 0 heterocycles. The number of hydrogen-bond acceptors (Lipinski definition) is 2. The molecule has 0 bridgehead atoms. The fourth-order valence-electron chi connectivity index (χ4n) is 1.63. The Labute approximate surface area is 141 Å². The molecule has 2 aromatic carbocycles. The van der Waals surface area contributed by atoms with Gasteiger partial charge in [-0.2, -0.15) is 0 Å². The molecule has 2 rings (SSSR count). The van der Waals surface area contributed by atoms with Crippen LogP contribution in [0.15, 0.2) is 39.3 Å². The van der Waals surface area contributed by atoms with Crippen molar-refractivity contribution in [3.63, 3.8) is 0 Å². The van der Waals surface area contributed by atoms with E-state index in [0.717, 1.165) is 0 Å². The standard InChI is InChI=1S/C14H8Br2ClFO3/c15-10-4-7(14(19)20)5-11(16)13(10)21-6-8-3-9(18)1-2-12(8)17/h1-5H,6H2,(H,19,20). The molecular weight excluding hydrogens is 430 g/mol. The second-order valence-electron chi connectivity index (χ2n) is 4.10. The van der Waals surface area contributed by atoms with Crippen molar-refractivity contribution in [3.05, 3.63) is 61.2 Å². The predicted molar refractivity (Wildman–Crippen MR) is 84.5 cm³/mol. The van der Waals surface area contributed by atoms with Gasteiger partial charge in [-0.25, -0.2) is 9.18 Å². The summed E-state index contributed by atoms with van der Waals surface area (Å²) < 4.78 is 19.7. The summed E-state index contributed by atoms with van der Waals surface area (Å²) >= 11 is 12.5. The van der Waals surface area contributed by atoms with Crippen LogP contribution in [-0.2, 0) is 6.61 Å². The van der Waals surface area contributed by atoms with Crippen LogP contribution < -0.4 is 4.74 Å². The number of carbonyl (C=O) groups is 1. The Morgan fingerprint density at radius 1 is 1.24 bits per heavy atom. The quantitative estimate of drug-likeness (QED) is 0.707. The summed E-state index contributed by atoms with van der Waals surface area (Å²) in [5.41, 5.74) is 0.614. The van der Waals surface area contributed by atoms with E-state index in [4.69, 9.17) is 21.4 Å². The lowest BCUT2D eigenvalue weighted by Gasteiger charge is -2.12. The minimum atomic E-state index is -1.05. The molecule has 21 heavy (non-hydrogen) atoms. The van der Waals surface area contributed by atoms with E-state index in [1.54, 1.807) is 0 Å². The molecule has 0 aliphatic heterocycles. The highest BCUT2D eigenvalue weighted by Crippen LogP contribution is 2.35. The molecule has 7 heteroatoms. The predicted octanol–water partition coefficient (Wildman–Crippen LogP) is 5.28. The van der Waals surface area contributed by atoms with E-state index in [0.29, 0.717) is 25.3 Å². The van der Waals surface area contributed by atoms with Gasteiger partial charge in [0, 0.05) is 10.6 Å². The Morgan fingerprint density at radius 3 is 2.43 bits per heavy atom. The average molecular weight is 438 g/mol. The molecule has 0 aliphatic carbocycles. The molecule has 0 unspecified atom stereocenters. The van der Waals surface area contributed by atoms with Crippen molar-refractivity contribution in [1.29, 1.82) is 0 Å². The van der Waals surface area contributed by atoms with Crippen LogP contribution in [0, 0.1) is 5.82 Å². The Balaban J connectivity index is 2.24. The SMILES string of the molecule is O=C(O)c1cc(Br)c(OCc2cc(F)ccc2Cl)c(Br)c1. The van der Waals surface area contributed by atoms with Gasteiger partial charge in [-0.15, -0.1) is 0 Å². The summed E-state index contributed by atoms with van der Waals surface area (Å²) in [6, 6.07) is 6.85. The van der Waals surface area contributed by atoms with Crippen molar-refractivity contribution in [2.45, 2.75) is 6.61 Å². The molecule has 2 aromatic rings. The van der Waals surface area contributed by atoms with Gasteiger partial charge in [-0.1, -0.05) is 11.6 Å². The fraction of sp³-hybridized carbons (Fsp3) is 0.0714. The van der Waals surface area contributed by atoms with Crippen LogP contribution >= 0.6 is 43.5 Å². The van der Waals surface area contributed by atoms with Crippen molar-refractivity contribution in [1.82, 2.24) is 0 Å². The summed E-state index contributed by atoms with van der Waals surface area (Å²) in [6.07, 6.45) is 0. The Hall–Kier alpha value is -1.11. The zero-order valence-electron chi connectivity index (χ0n) is 10.4. The lowest BCUT2D eigenvalue weighted by molar-refractivity contribution is 0.0696. The van der Waals surface area contributed by atoms with Crippen LogP contribution in [0.4, 0.5) is 4.39 Å². The summed E-state index contributed by atoms with van der Waals surface area (Å²) in [6.45, 7) is 0.0558. The molecule has 0 saturated heterocycles. The number of benzene rings is 2. The van der Waals surface area contributed by atoms with E-state index in [-0.39, 0.29) is 12.2 Å². The van der Waals surface area contributed by atoms with Gasteiger partial charge in [0.1, 0.15) is 18.2 Å². The molecule has 0 amide bonds. The molecule has 0 spiro atoms. The molecule has 1 N–H and O–H groups in total. The number of rotatable bonds is 4. The first-order valence-corrected chi connectivity index (χ1v) is 7.64. The lowest BCUT2D eigenvalue weighted by Crippen LogP contribution is -2.01. The molecule has 0 fully saturated rings. The summed E-state index contributed by atoms with van der Waals surface area (Å²) in [5, 5.41) is 9.35. The highest BCUT2D eigenvalue weighted by Gasteiger charge is 2.13. The molecule has 3 nitrogen and oxygen atoms in total. The number of hydrogen-bond donors (Lipinski definition) is 1. The maximum Gasteiger partial charge on any atom is 0.335 e. The third-order valence-corrected chi connectivity index (χ3v) is 4.17. The monoisotopic (exact) mass is 436 g/mol. The topological polar surface area (TPSA) is 46.5 Å². The van der Waals surface area contributed by atoms with E-state index >= 15 is 0 Å². The molecule has 0 atom stereocenters. The van der Waals surface area contributed by atoms with Crippen LogP contribution in [0.1, 0.15) is 15.9 Å². The number of carboxylic acid groups (broad SMARTS) is 1. The first-order chi connectivity index (χ1) is 9.88. The highest BCUT2D eigenvalue weighted by atomic mass is 79.9. The Bertz CT molecular complexity index is 684. The summed E-state index contributed by atoms with van der Waals surface area (Å²) in [5.74, 6) is -1.03. The van der Waals surface area contributed by atoms with Crippen molar-refractivity contribution < 1.29 is 19.0 Å². The Morgan fingerprint density at radius 2 is 1.86 bits per heavy atom. The second-order valence-corrected chi connectivity index (χ2v) is 6.21. The van der Waals surface area contributed by atoms with E-state index < -0.39 is 11.8 Å². The smallest absolute Gasteiger partial charge is 0.335 e. The van der Waals surface area contributed by atoms with Gasteiger partial charge in [-0.05, 0) is 62.2 Å². The summed E-state index contributed by atoms with van der Waals surface area (Å²) in [4.78, 5) is 10.9. The minimum absolute atomic E-state index is 0.0558. The third kappa shape index (κ3) is 3.96. The minimum Gasteiger partial charge on any atom is -0.486 e. The highest BCUT2D eigenvalue weighted by molar-refractivity contribution is 9.11. The summed E-state index contributed by atoms with van der Waals surface area (Å²) in [7, 11) is 0. The van der Waals surface area contributed by atoms with E-state index in [9.17, 15) is 9.18 Å². The van der Waals surface area contributed by atoms with Gasteiger partial charge in [0.15, 0.2) is 0 Å². The van der Waals surface area contributed by atoms with Crippen molar-refractivity contribution in [3.8, 4) is 5.75 Å². The number of carboxylic acids is 1. The number of ether oxygens (including phenoxy) is 1. The molecule has 110 valence electrons. The van der Waals surface area contributed by atoms with Crippen molar-refractivity contribution in [2.75, 3.05) is 0 Å². The molecule has 0 aliphatic rings. The normalized spacial score (nSPS) is 10.5. The molecule has 0 radical (unpaired) electrons. The van der Waals surface area contributed by atoms with Gasteiger partial charge >= 0.3 is 5.97 Å². The van der Waals surface area contributed by atoms with Crippen molar-refractivity contribution in [2.24, 2.45) is 0 Å². The first-order valence-electron chi connectivity index (χ1n) is 5.67. The fourth-order valence-corrected chi connectivity index (χ4v) is 3.21. The van der Waals surface area contributed by atoms with Crippen molar-refractivity contribution >= 4 is 49.4 Å². The number of halogens is 4. The van der Waals surface area contributed by atoms with Crippen LogP contribution in [0.25, 0.3) is 0 Å². The third-order valence-electron chi connectivity index (χ3n) is 2.63. The first kappa shape index (κ1) is 16.3. The second kappa shape index (κ2) is 6.77. The van der Waals surface area contributed by atoms with E-state index in [1.807, 2.05) is 0 Å². The van der Waals surface area contributed by atoms with Crippen LogP contribution in [-0.4, -0.2) is 11.1 Å². The molecule has 0 saturated carbocycles. The van der Waals surface area contributed by atoms with Crippen LogP contribution in [0.3, 0.4) is 0 Å². The maximum absolute atomic E-state index is 13.2. The van der Waals surface area contributed by atoms with Crippen LogP contribution in [0.2, 0.25) is 5.02 Å². The van der Waals surface area contributed by atoms with Gasteiger partial charge in [0.05, 0.1) is 14.5 Å². The van der Waals surface area contributed by atoms with Gasteiger partial charge in [0.2, 0.25) is 0 Å². The van der Waals surface area contributed by atoms with E-state index in [2.05, 4.69) is 31.9 Å². The van der Waals surface area contributed by atoms with E-state index in [1.165, 1.54) is 30.3 Å². The average Bonchev–Trinajstić information content (AvgIpc) is 2.41. The molecular formula is C14H8Br2ClFO3. The van der Waals surface area contributed by atoms with Gasteiger partial charge < -0.3 is 9.84 Å². The maximum atomic E-state index is 13.2. The Kier molecular flexibility index (Phi) is 5.24.